The normalized spacial score (nSPS) is 20.1. The van der Waals surface area contributed by atoms with Crippen LogP contribution in [0.25, 0.3) is 0 Å². The van der Waals surface area contributed by atoms with E-state index in [-0.39, 0.29) is 24.4 Å². The van der Waals surface area contributed by atoms with Crippen LogP contribution in [0.5, 0.6) is 11.5 Å². The van der Waals surface area contributed by atoms with Crippen LogP contribution in [-0.2, 0) is 11.3 Å². The lowest BCUT2D eigenvalue weighted by molar-refractivity contribution is 0.144. The molecule has 1 aromatic carbocycles. The molecule has 0 spiro atoms. The lowest BCUT2D eigenvalue weighted by atomic mass is 10.1. The summed E-state index contributed by atoms with van der Waals surface area (Å²) in [5, 5.41) is 16.3. The van der Waals surface area contributed by atoms with Crippen LogP contribution >= 0.6 is 12.4 Å². The summed E-state index contributed by atoms with van der Waals surface area (Å²) in [6, 6.07) is 5.90. The summed E-state index contributed by atoms with van der Waals surface area (Å²) >= 11 is 0. The monoisotopic (exact) mass is 346 g/mol. The van der Waals surface area contributed by atoms with Crippen molar-refractivity contribution in [3.05, 3.63) is 23.8 Å². The molecule has 1 aliphatic rings. The number of nitrogens with one attached hydrogen (secondary N) is 2. The summed E-state index contributed by atoms with van der Waals surface area (Å²) in [5.74, 6) is 1.72. The lowest BCUT2D eigenvalue weighted by Crippen LogP contribution is -2.30. The van der Waals surface area contributed by atoms with E-state index >= 15 is 0 Å². The van der Waals surface area contributed by atoms with Gasteiger partial charge in [0.25, 0.3) is 0 Å². The molecule has 2 rings (SSSR count). The van der Waals surface area contributed by atoms with E-state index in [1.165, 1.54) is 0 Å². The van der Waals surface area contributed by atoms with Gasteiger partial charge in [0, 0.05) is 39.2 Å². The highest BCUT2D eigenvalue weighted by molar-refractivity contribution is 5.85. The Bertz CT molecular complexity index is 462. The van der Waals surface area contributed by atoms with Gasteiger partial charge in [-0.05, 0) is 17.7 Å². The van der Waals surface area contributed by atoms with E-state index in [2.05, 4.69) is 10.6 Å². The third-order valence-corrected chi connectivity index (χ3v) is 3.81. The largest absolute Gasteiger partial charge is 0.493 e. The molecule has 0 bridgehead atoms. The van der Waals surface area contributed by atoms with Crippen molar-refractivity contribution in [2.24, 2.45) is 5.92 Å². The third-order valence-electron chi connectivity index (χ3n) is 3.81. The number of ether oxygens (including phenoxy) is 3. The molecule has 1 fully saturated rings. The molecular weight excluding hydrogens is 320 g/mol. The minimum absolute atomic E-state index is 0. The number of rotatable bonds is 9. The number of hydrogen-bond acceptors (Lipinski definition) is 6. The average Bonchev–Trinajstić information content (AvgIpc) is 2.94. The standard InChI is InChI=1S/C16H26N2O4.ClH/c1-20-5-6-22-15-4-3-12(7-16(15)21-2)8-17-9-13-10-18-11-14(13)19;/h3-4,7,13-14,17-19H,5-6,8-11H2,1-2H3;1H. The zero-order valence-electron chi connectivity index (χ0n) is 13.7. The number of halogens is 1. The minimum Gasteiger partial charge on any atom is -0.493 e. The minimum atomic E-state index is -0.251. The Kier molecular flexibility index (Phi) is 9.28. The summed E-state index contributed by atoms with van der Waals surface area (Å²) < 4.78 is 16.0. The van der Waals surface area contributed by atoms with Crippen LogP contribution in [0.4, 0.5) is 0 Å². The summed E-state index contributed by atoms with van der Waals surface area (Å²) in [6.07, 6.45) is -0.251. The first-order valence-corrected chi connectivity index (χ1v) is 7.62. The molecule has 0 radical (unpaired) electrons. The van der Waals surface area contributed by atoms with Crippen LogP contribution in [0.1, 0.15) is 5.56 Å². The van der Waals surface area contributed by atoms with E-state index in [0.29, 0.717) is 19.8 Å². The maximum absolute atomic E-state index is 9.76. The van der Waals surface area contributed by atoms with Crippen molar-refractivity contribution < 1.29 is 19.3 Å². The smallest absolute Gasteiger partial charge is 0.161 e. The third kappa shape index (κ3) is 6.16. The molecule has 0 aliphatic carbocycles. The average molecular weight is 347 g/mol. The van der Waals surface area contributed by atoms with Crippen molar-refractivity contribution >= 4 is 12.4 Å². The molecule has 0 amide bonds. The van der Waals surface area contributed by atoms with Gasteiger partial charge in [0.2, 0.25) is 0 Å². The Morgan fingerprint density at radius 3 is 2.70 bits per heavy atom. The van der Waals surface area contributed by atoms with Gasteiger partial charge in [-0.25, -0.2) is 0 Å². The molecule has 1 aliphatic heterocycles. The highest BCUT2D eigenvalue weighted by Crippen LogP contribution is 2.28. The number of β-amino-alcohol motifs (C(OH)–C–C–N with tert-alkyl or cyclic N) is 1. The van der Waals surface area contributed by atoms with Gasteiger partial charge in [-0.15, -0.1) is 12.4 Å². The van der Waals surface area contributed by atoms with Crippen LogP contribution < -0.4 is 20.1 Å². The van der Waals surface area contributed by atoms with Gasteiger partial charge in [-0.2, -0.15) is 0 Å². The molecule has 1 aromatic rings. The first-order chi connectivity index (χ1) is 10.7. The molecule has 0 aromatic heterocycles. The summed E-state index contributed by atoms with van der Waals surface area (Å²) in [6.45, 7) is 4.12. The predicted octanol–water partition coefficient (Wildman–Crippen LogP) is 0.812. The van der Waals surface area contributed by atoms with E-state index in [1.54, 1.807) is 14.2 Å². The molecule has 23 heavy (non-hydrogen) atoms. The van der Waals surface area contributed by atoms with Crippen molar-refractivity contribution in [2.45, 2.75) is 12.6 Å². The van der Waals surface area contributed by atoms with Crippen molar-refractivity contribution in [1.82, 2.24) is 10.6 Å². The number of methoxy groups -OCH3 is 2. The van der Waals surface area contributed by atoms with E-state index in [9.17, 15) is 5.11 Å². The second-order valence-electron chi connectivity index (χ2n) is 5.44. The molecular formula is C16H27ClN2O4. The molecule has 1 saturated heterocycles. The van der Waals surface area contributed by atoms with Gasteiger partial charge in [0.05, 0.1) is 19.8 Å². The van der Waals surface area contributed by atoms with E-state index in [4.69, 9.17) is 14.2 Å². The quantitative estimate of drug-likeness (QED) is 0.575. The van der Waals surface area contributed by atoms with E-state index < -0.39 is 0 Å². The second kappa shape index (κ2) is 10.7. The summed E-state index contributed by atoms with van der Waals surface area (Å²) in [7, 11) is 3.28. The number of aliphatic hydroxyl groups is 1. The number of hydrogen-bond donors (Lipinski definition) is 3. The predicted molar refractivity (Wildman–Crippen MR) is 91.7 cm³/mol. The fraction of sp³-hybridized carbons (Fsp3) is 0.625. The number of aliphatic hydroxyl groups excluding tert-OH is 1. The molecule has 0 saturated carbocycles. The van der Waals surface area contributed by atoms with Gasteiger partial charge < -0.3 is 30.0 Å². The van der Waals surface area contributed by atoms with Crippen molar-refractivity contribution in [1.29, 1.82) is 0 Å². The lowest BCUT2D eigenvalue weighted by Gasteiger charge is -2.15. The molecule has 132 valence electrons. The van der Waals surface area contributed by atoms with Crippen LogP contribution in [0, 0.1) is 5.92 Å². The number of benzene rings is 1. The van der Waals surface area contributed by atoms with Crippen LogP contribution in [0.15, 0.2) is 18.2 Å². The molecule has 3 N–H and O–H groups in total. The maximum atomic E-state index is 9.76. The Morgan fingerprint density at radius 2 is 2.04 bits per heavy atom. The molecule has 7 heteroatoms. The van der Waals surface area contributed by atoms with Crippen LogP contribution in [0.3, 0.4) is 0 Å². The Balaban J connectivity index is 0.00000264. The Labute approximate surface area is 143 Å². The van der Waals surface area contributed by atoms with Crippen LogP contribution in [0.2, 0.25) is 0 Å². The van der Waals surface area contributed by atoms with Gasteiger partial charge in [0.1, 0.15) is 6.61 Å². The molecule has 1 heterocycles. The Morgan fingerprint density at radius 1 is 1.22 bits per heavy atom. The van der Waals surface area contributed by atoms with Crippen molar-refractivity contribution in [3.63, 3.8) is 0 Å². The fourth-order valence-electron chi connectivity index (χ4n) is 2.51. The van der Waals surface area contributed by atoms with Gasteiger partial charge in [-0.1, -0.05) is 6.07 Å². The molecule has 2 unspecified atom stereocenters. The van der Waals surface area contributed by atoms with Gasteiger partial charge >= 0.3 is 0 Å². The molecule has 6 nitrogen and oxygen atoms in total. The highest BCUT2D eigenvalue weighted by atomic mass is 35.5. The fourth-order valence-corrected chi connectivity index (χ4v) is 2.51. The second-order valence-corrected chi connectivity index (χ2v) is 5.44. The van der Waals surface area contributed by atoms with Gasteiger partial charge in [0.15, 0.2) is 11.5 Å². The van der Waals surface area contributed by atoms with Crippen molar-refractivity contribution in [2.75, 3.05) is 47.1 Å². The molecule has 2 atom stereocenters. The summed E-state index contributed by atoms with van der Waals surface area (Å²) in [5.41, 5.74) is 1.12. The SMILES string of the molecule is COCCOc1ccc(CNCC2CNCC2O)cc1OC.Cl. The summed E-state index contributed by atoms with van der Waals surface area (Å²) in [4.78, 5) is 0. The van der Waals surface area contributed by atoms with Gasteiger partial charge in [-0.3, -0.25) is 0 Å². The van der Waals surface area contributed by atoms with Crippen molar-refractivity contribution in [3.8, 4) is 11.5 Å². The highest BCUT2D eigenvalue weighted by Gasteiger charge is 2.24. The first-order valence-electron chi connectivity index (χ1n) is 7.62. The van der Waals surface area contributed by atoms with E-state index in [0.717, 1.165) is 36.7 Å². The Hall–Kier alpha value is -1.05. The van der Waals surface area contributed by atoms with Crippen LogP contribution in [-0.4, -0.2) is 58.3 Å². The van der Waals surface area contributed by atoms with E-state index in [1.807, 2.05) is 18.2 Å². The maximum Gasteiger partial charge on any atom is 0.161 e. The topological polar surface area (TPSA) is 72.0 Å². The zero-order valence-corrected chi connectivity index (χ0v) is 14.5. The first kappa shape index (κ1) is 20.0. The zero-order chi connectivity index (χ0) is 15.8.